The van der Waals surface area contributed by atoms with Crippen molar-refractivity contribution in [2.75, 3.05) is 24.6 Å². The Labute approximate surface area is 235 Å². The first-order chi connectivity index (χ1) is 18.6. The van der Waals surface area contributed by atoms with E-state index >= 15 is 0 Å². The molecule has 208 valence electrons. The topological polar surface area (TPSA) is 95.9 Å². The third kappa shape index (κ3) is 4.96. The lowest BCUT2D eigenvalue weighted by Gasteiger charge is -2.45. The van der Waals surface area contributed by atoms with E-state index in [4.69, 9.17) is 16.3 Å². The minimum atomic E-state index is -3.90. The van der Waals surface area contributed by atoms with Crippen molar-refractivity contribution < 1.29 is 23.1 Å². The molecule has 2 aromatic rings. The molecule has 5 atom stereocenters. The summed E-state index contributed by atoms with van der Waals surface area (Å²) in [7, 11) is -3.90. The molecule has 1 saturated carbocycles. The van der Waals surface area contributed by atoms with E-state index in [9.17, 15) is 18.3 Å². The van der Waals surface area contributed by atoms with Crippen molar-refractivity contribution in [3.63, 3.8) is 0 Å². The summed E-state index contributed by atoms with van der Waals surface area (Å²) in [6.45, 7) is 3.49. The molecule has 2 heterocycles. The highest BCUT2D eigenvalue weighted by Gasteiger charge is 2.44. The molecule has 1 amide bonds. The van der Waals surface area contributed by atoms with Gasteiger partial charge < -0.3 is 14.7 Å². The van der Waals surface area contributed by atoms with Gasteiger partial charge >= 0.3 is 0 Å². The standard InChI is InChI=1S/C30H35ClN2O5S/c1-19-4-2-6-27(34)24-10-7-22(24)16-33-17-30(13-3-5-20-14-23(31)9-11-25(20)30)18-38-28-12-8-21(15-26(28)33)29(35)32-39(19,36)37/h2,6,8-9,11-12,14-15,19,22,24,27,34H,3-5,7,10,13,16-18H2,1H3,(H,32,35)/b6-2+/t19-,22+,24-,27+,30+/m1/s1. The normalized spacial score (nSPS) is 32.7. The maximum Gasteiger partial charge on any atom is 0.264 e. The molecule has 0 unspecified atom stereocenters. The summed E-state index contributed by atoms with van der Waals surface area (Å²) in [6.07, 6.45) is 7.93. The van der Waals surface area contributed by atoms with Crippen LogP contribution in [0.2, 0.25) is 5.02 Å². The Morgan fingerprint density at radius 2 is 2.03 bits per heavy atom. The van der Waals surface area contributed by atoms with Crippen LogP contribution in [0.3, 0.4) is 0 Å². The van der Waals surface area contributed by atoms with Crippen LogP contribution in [0.25, 0.3) is 0 Å². The molecule has 9 heteroatoms. The number of allylic oxidation sites excluding steroid dienone is 1. The van der Waals surface area contributed by atoms with E-state index in [1.165, 1.54) is 11.1 Å². The third-order valence-corrected chi connectivity index (χ3v) is 11.2. The number of aliphatic hydroxyl groups excluding tert-OH is 1. The predicted molar refractivity (Wildman–Crippen MR) is 152 cm³/mol. The van der Waals surface area contributed by atoms with Crippen LogP contribution < -0.4 is 14.4 Å². The second kappa shape index (κ2) is 10.1. The van der Waals surface area contributed by atoms with Gasteiger partial charge in [-0.1, -0.05) is 29.8 Å². The molecule has 0 radical (unpaired) electrons. The monoisotopic (exact) mass is 570 g/mol. The summed E-state index contributed by atoms with van der Waals surface area (Å²) in [4.78, 5) is 15.4. The van der Waals surface area contributed by atoms with Gasteiger partial charge in [-0.2, -0.15) is 0 Å². The minimum Gasteiger partial charge on any atom is -0.490 e. The van der Waals surface area contributed by atoms with Crippen LogP contribution in [-0.4, -0.2) is 50.5 Å². The van der Waals surface area contributed by atoms with Crippen LogP contribution in [0.4, 0.5) is 5.69 Å². The summed E-state index contributed by atoms with van der Waals surface area (Å²) in [5, 5.41) is 10.9. The van der Waals surface area contributed by atoms with Crippen LogP contribution >= 0.6 is 11.6 Å². The van der Waals surface area contributed by atoms with Crippen molar-refractivity contribution in [3.05, 3.63) is 70.3 Å². The molecule has 7 nitrogen and oxygen atoms in total. The van der Waals surface area contributed by atoms with E-state index < -0.39 is 27.3 Å². The number of hydrogen-bond donors (Lipinski definition) is 2. The number of hydrogen-bond acceptors (Lipinski definition) is 6. The molecule has 2 aliphatic heterocycles. The second-order valence-electron chi connectivity index (χ2n) is 11.7. The predicted octanol–water partition coefficient (Wildman–Crippen LogP) is 4.61. The first kappa shape index (κ1) is 26.7. The molecule has 1 fully saturated rings. The lowest BCUT2D eigenvalue weighted by atomic mass is 9.68. The Morgan fingerprint density at radius 1 is 1.18 bits per heavy atom. The van der Waals surface area contributed by atoms with Gasteiger partial charge in [-0.15, -0.1) is 0 Å². The van der Waals surface area contributed by atoms with E-state index in [0.29, 0.717) is 18.9 Å². The highest BCUT2D eigenvalue weighted by atomic mass is 35.5. The first-order valence-corrected chi connectivity index (χ1v) is 15.8. The number of benzene rings is 2. The first-order valence-electron chi connectivity index (χ1n) is 13.9. The zero-order valence-corrected chi connectivity index (χ0v) is 23.7. The average Bonchev–Trinajstić information content (AvgIpc) is 3.02. The summed E-state index contributed by atoms with van der Waals surface area (Å²) >= 11 is 6.36. The fourth-order valence-corrected chi connectivity index (χ4v) is 7.91. The number of ether oxygens (including phenoxy) is 1. The average molecular weight is 571 g/mol. The van der Waals surface area contributed by atoms with Gasteiger partial charge in [0.1, 0.15) is 5.75 Å². The largest absolute Gasteiger partial charge is 0.490 e. The number of rotatable bonds is 0. The number of carbonyl (C=O) groups excluding carboxylic acids is 1. The Morgan fingerprint density at radius 3 is 2.82 bits per heavy atom. The maximum absolute atomic E-state index is 13.1. The van der Waals surface area contributed by atoms with Crippen LogP contribution in [0.15, 0.2) is 48.6 Å². The van der Waals surface area contributed by atoms with E-state index in [1.807, 2.05) is 6.07 Å². The van der Waals surface area contributed by atoms with E-state index in [-0.39, 0.29) is 29.2 Å². The number of nitrogens with one attached hydrogen (secondary N) is 1. The zero-order valence-electron chi connectivity index (χ0n) is 22.1. The molecule has 4 aliphatic rings. The molecule has 0 aromatic heterocycles. The number of halogens is 1. The molecule has 2 aliphatic carbocycles. The van der Waals surface area contributed by atoms with Crippen LogP contribution in [0.5, 0.6) is 5.75 Å². The quantitative estimate of drug-likeness (QED) is 0.449. The van der Waals surface area contributed by atoms with E-state index in [1.54, 1.807) is 37.3 Å². The van der Waals surface area contributed by atoms with E-state index in [2.05, 4.69) is 21.8 Å². The molecular weight excluding hydrogens is 536 g/mol. The van der Waals surface area contributed by atoms with Gasteiger partial charge in [0.2, 0.25) is 10.0 Å². The van der Waals surface area contributed by atoms with Crippen LogP contribution in [0.1, 0.15) is 60.5 Å². The van der Waals surface area contributed by atoms with Crippen molar-refractivity contribution in [1.29, 1.82) is 0 Å². The van der Waals surface area contributed by atoms with Crippen molar-refractivity contribution in [2.45, 2.75) is 62.2 Å². The highest BCUT2D eigenvalue weighted by Crippen LogP contribution is 2.46. The Bertz CT molecular complexity index is 1430. The molecular formula is C30H35ClN2O5S. The number of fused-ring (bicyclic) bond motifs is 4. The lowest BCUT2D eigenvalue weighted by Crippen LogP contribution is -2.49. The summed E-state index contributed by atoms with van der Waals surface area (Å²) < 4.78 is 34.5. The fraction of sp³-hybridized carbons (Fsp3) is 0.500. The minimum absolute atomic E-state index is 0.0993. The summed E-state index contributed by atoms with van der Waals surface area (Å²) in [6, 6.07) is 11.3. The Balaban J connectivity index is 1.43. The molecule has 0 saturated heterocycles. The number of amides is 1. The van der Waals surface area contributed by atoms with Crippen LogP contribution in [-0.2, 0) is 21.9 Å². The van der Waals surface area contributed by atoms with Gasteiger partial charge in [0.15, 0.2) is 0 Å². The molecule has 2 aromatic carbocycles. The number of aryl methyl sites for hydroxylation is 1. The molecule has 6 rings (SSSR count). The molecule has 2 bridgehead atoms. The van der Waals surface area contributed by atoms with Gasteiger partial charge in [-0.25, -0.2) is 13.1 Å². The van der Waals surface area contributed by atoms with Crippen molar-refractivity contribution in [3.8, 4) is 5.75 Å². The second-order valence-corrected chi connectivity index (χ2v) is 14.3. The third-order valence-electron chi connectivity index (χ3n) is 9.24. The fourth-order valence-electron chi connectivity index (χ4n) is 6.78. The number of aliphatic hydroxyl groups is 1. The Hall–Kier alpha value is -2.55. The van der Waals surface area contributed by atoms with Gasteiger partial charge in [0.25, 0.3) is 5.91 Å². The van der Waals surface area contributed by atoms with Gasteiger partial charge in [-0.05, 0) is 98.7 Å². The van der Waals surface area contributed by atoms with E-state index in [0.717, 1.165) is 49.4 Å². The van der Waals surface area contributed by atoms with Crippen LogP contribution in [0, 0.1) is 11.8 Å². The zero-order chi connectivity index (χ0) is 27.4. The summed E-state index contributed by atoms with van der Waals surface area (Å²) in [5.74, 6) is 0.398. The van der Waals surface area contributed by atoms with Gasteiger partial charge in [0, 0.05) is 29.1 Å². The SMILES string of the molecule is C[C@@H]1C/C=C/[C@H](O)[C@@H]2CC[C@H]2CN2C[C@@]3(CCCc4cc(Cl)ccc43)COc3ccc(cc32)C(=O)NS1(=O)=O. The number of nitrogens with zero attached hydrogens (tertiary/aromatic N) is 1. The maximum atomic E-state index is 13.1. The number of anilines is 1. The lowest BCUT2D eigenvalue weighted by molar-refractivity contribution is 0.0456. The highest BCUT2D eigenvalue weighted by molar-refractivity contribution is 7.90. The van der Waals surface area contributed by atoms with Gasteiger partial charge in [-0.3, -0.25) is 4.79 Å². The summed E-state index contributed by atoms with van der Waals surface area (Å²) in [5.41, 5.74) is 3.33. The molecule has 2 N–H and O–H groups in total. The van der Waals surface area contributed by atoms with Crippen molar-refractivity contribution >= 4 is 33.2 Å². The molecule has 1 spiro atoms. The van der Waals surface area contributed by atoms with Gasteiger partial charge in [0.05, 0.1) is 23.6 Å². The van der Waals surface area contributed by atoms with Crippen molar-refractivity contribution in [2.24, 2.45) is 11.8 Å². The van der Waals surface area contributed by atoms with Crippen molar-refractivity contribution in [1.82, 2.24) is 4.72 Å². The Kier molecular flexibility index (Phi) is 6.92. The smallest absolute Gasteiger partial charge is 0.264 e. The number of carbonyl (C=O) groups is 1. The number of sulfonamides is 1. The molecule has 39 heavy (non-hydrogen) atoms.